The van der Waals surface area contributed by atoms with Gasteiger partial charge in [-0.1, -0.05) is 0 Å². The van der Waals surface area contributed by atoms with Crippen molar-refractivity contribution in [3.8, 4) is 0 Å². The van der Waals surface area contributed by atoms with Gasteiger partial charge in [0.2, 0.25) is 5.91 Å². The van der Waals surface area contributed by atoms with Crippen molar-refractivity contribution < 1.29 is 9.90 Å². The number of aliphatic hydroxyl groups excluding tert-OH is 1. The number of hydrogen-bond acceptors (Lipinski definition) is 4. The van der Waals surface area contributed by atoms with E-state index in [1.54, 1.807) is 11.5 Å². The second-order valence-corrected chi connectivity index (χ2v) is 3.77. The van der Waals surface area contributed by atoms with Crippen LogP contribution in [-0.4, -0.2) is 31.8 Å². The van der Waals surface area contributed by atoms with Crippen LogP contribution >= 0.6 is 0 Å². The maximum atomic E-state index is 11.7. The van der Waals surface area contributed by atoms with Crippen molar-refractivity contribution >= 4 is 5.91 Å². The number of carbonyl (C=O) groups is 1. The van der Waals surface area contributed by atoms with E-state index >= 15 is 0 Å². The van der Waals surface area contributed by atoms with Gasteiger partial charge in [0.05, 0.1) is 0 Å². The summed E-state index contributed by atoms with van der Waals surface area (Å²) in [5.74, 6) is 0.362. The Morgan fingerprint density at radius 1 is 1.80 bits per heavy atom. The maximum absolute atomic E-state index is 11.7. The molecule has 1 atom stereocenters. The minimum absolute atomic E-state index is 0.0491. The van der Waals surface area contributed by atoms with Crippen LogP contribution in [0.1, 0.15) is 31.6 Å². The summed E-state index contributed by atoms with van der Waals surface area (Å²) in [6.45, 7) is 1.56. The zero-order chi connectivity index (χ0) is 10.8. The smallest absolute Gasteiger partial charge is 0.243 e. The topological polar surface area (TPSA) is 80.0 Å². The van der Waals surface area contributed by atoms with Crippen LogP contribution in [0.4, 0.5) is 0 Å². The fourth-order valence-corrected chi connectivity index (χ4v) is 1.38. The summed E-state index contributed by atoms with van der Waals surface area (Å²) >= 11 is 0. The first-order chi connectivity index (χ1) is 7.22. The predicted molar refractivity (Wildman–Crippen MR) is 51.8 cm³/mol. The Hall–Kier alpha value is -1.43. The first-order valence-corrected chi connectivity index (χ1v) is 5.02. The van der Waals surface area contributed by atoms with E-state index in [0.29, 0.717) is 11.9 Å². The molecule has 2 N–H and O–H groups in total. The average Bonchev–Trinajstić information content (AvgIpc) is 2.92. The highest BCUT2D eigenvalue weighted by atomic mass is 16.3. The summed E-state index contributed by atoms with van der Waals surface area (Å²) in [5.41, 5.74) is 0. The van der Waals surface area contributed by atoms with Gasteiger partial charge < -0.3 is 15.0 Å². The number of nitrogens with zero attached hydrogens (tertiary/aromatic N) is 3. The zero-order valence-corrected chi connectivity index (χ0v) is 8.55. The molecule has 1 fully saturated rings. The molecule has 0 bridgehead atoms. The Morgan fingerprint density at radius 2 is 2.53 bits per heavy atom. The SMILES string of the molecule is CC(C(=O)NC1CC1)n1cnnc1CO. The highest BCUT2D eigenvalue weighted by Gasteiger charge is 2.26. The molecule has 1 amide bonds. The van der Waals surface area contributed by atoms with E-state index in [0.717, 1.165) is 12.8 Å². The minimum Gasteiger partial charge on any atom is -0.388 e. The van der Waals surface area contributed by atoms with Gasteiger partial charge in [0, 0.05) is 6.04 Å². The second-order valence-electron chi connectivity index (χ2n) is 3.77. The fraction of sp³-hybridized carbons (Fsp3) is 0.667. The third-order valence-corrected chi connectivity index (χ3v) is 2.51. The molecule has 1 aliphatic rings. The summed E-state index contributed by atoms with van der Waals surface area (Å²) in [6.07, 6.45) is 3.59. The van der Waals surface area contributed by atoms with E-state index in [2.05, 4.69) is 15.5 Å². The molecule has 6 nitrogen and oxygen atoms in total. The Bertz CT molecular complexity index is 359. The summed E-state index contributed by atoms with van der Waals surface area (Å²) in [4.78, 5) is 11.7. The molecule has 1 saturated carbocycles. The van der Waals surface area contributed by atoms with Gasteiger partial charge in [0.1, 0.15) is 19.0 Å². The lowest BCUT2D eigenvalue weighted by molar-refractivity contribution is -0.124. The molecular weight excluding hydrogens is 196 g/mol. The maximum Gasteiger partial charge on any atom is 0.243 e. The number of carbonyl (C=O) groups excluding carboxylic acids is 1. The molecule has 1 aromatic rings. The Morgan fingerprint density at radius 3 is 3.13 bits per heavy atom. The molecule has 0 aliphatic heterocycles. The Kier molecular flexibility index (Phi) is 2.68. The number of amides is 1. The molecule has 15 heavy (non-hydrogen) atoms. The van der Waals surface area contributed by atoms with Crippen LogP contribution in [0.3, 0.4) is 0 Å². The van der Waals surface area contributed by atoms with E-state index in [-0.39, 0.29) is 18.6 Å². The van der Waals surface area contributed by atoms with Crippen molar-refractivity contribution in [3.63, 3.8) is 0 Å². The van der Waals surface area contributed by atoms with E-state index in [4.69, 9.17) is 5.11 Å². The molecule has 2 rings (SSSR count). The van der Waals surface area contributed by atoms with Gasteiger partial charge in [-0.25, -0.2) is 0 Å². The van der Waals surface area contributed by atoms with E-state index in [1.807, 2.05) is 0 Å². The number of nitrogens with one attached hydrogen (secondary N) is 1. The van der Waals surface area contributed by atoms with Crippen molar-refractivity contribution in [2.24, 2.45) is 0 Å². The van der Waals surface area contributed by atoms with Crippen LogP contribution in [0.5, 0.6) is 0 Å². The first-order valence-electron chi connectivity index (χ1n) is 5.02. The molecule has 1 unspecified atom stereocenters. The molecule has 0 spiro atoms. The molecule has 0 aromatic carbocycles. The zero-order valence-electron chi connectivity index (χ0n) is 8.55. The largest absolute Gasteiger partial charge is 0.388 e. The van der Waals surface area contributed by atoms with E-state index in [1.165, 1.54) is 6.33 Å². The van der Waals surface area contributed by atoms with Crippen LogP contribution < -0.4 is 5.32 Å². The number of rotatable bonds is 4. The standard InChI is InChI=1S/C9H14N4O2/c1-6(9(15)11-7-2-3-7)13-5-10-12-8(13)4-14/h5-7,14H,2-4H2,1H3,(H,11,15). The molecule has 1 heterocycles. The van der Waals surface area contributed by atoms with Gasteiger partial charge in [-0.15, -0.1) is 10.2 Å². The highest BCUT2D eigenvalue weighted by Crippen LogP contribution is 2.20. The highest BCUT2D eigenvalue weighted by molar-refractivity contribution is 5.80. The molecular formula is C9H14N4O2. The predicted octanol–water partition coefficient (Wildman–Crippen LogP) is -0.390. The molecule has 6 heteroatoms. The second kappa shape index (κ2) is 3.98. The van der Waals surface area contributed by atoms with Crippen molar-refractivity contribution in [2.75, 3.05) is 0 Å². The van der Waals surface area contributed by atoms with Gasteiger partial charge in [-0.3, -0.25) is 4.79 Å². The molecule has 0 saturated heterocycles. The average molecular weight is 210 g/mol. The molecule has 1 aliphatic carbocycles. The normalized spacial score (nSPS) is 17.5. The van der Waals surface area contributed by atoms with Crippen LogP contribution in [0.2, 0.25) is 0 Å². The van der Waals surface area contributed by atoms with Crippen molar-refractivity contribution in [1.82, 2.24) is 20.1 Å². The van der Waals surface area contributed by atoms with Crippen molar-refractivity contribution in [1.29, 1.82) is 0 Å². The van der Waals surface area contributed by atoms with Crippen molar-refractivity contribution in [2.45, 2.75) is 38.5 Å². The van der Waals surface area contributed by atoms with Gasteiger partial charge in [0.15, 0.2) is 5.82 Å². The summed E-state index contributed by atoms with van der Waals surface area (Å²) in [6, 6.07) is -0.0308. The molecule has 1 aromatic heterocycles. The summed E-state index contributed by atoms with van der Waals surface area (Å²) < 4.78 is 1.58. The Balaban J connectivity index is 2.04. The van der Waals surface area contributed by atoms with Gasteiger partial charge >= 0.3 is 0 Å². The molecule has 0 radical (unpaired) electrons. The first kappa shape index (κ1) is 10.1. The lowest BCUT2D eigenvalue weighted by Crippen LogP contribution is -2.32. The third-order valence-electron chi connectivity index (χ3n) is 2.51. The Labute approximate surface area is 87.3 Å². The monoisotopic (exact) mass is 210 g/mol. The fourth-order valence-electron chi connectivity index (χ4n) is 1.38. The number of aromatic nitrogens is 3. The van der Waals surface area contributed by atoms with Crippen LogP contribution in [-0.2, 0) is 11.4 Å². The van der Waals surface area contributed by atoms with Gasteiger partial charge in [-0.2, -0.15) is 0 Å². The third kappa shape index (κ3) is 2.15. The van der Waals surface area contributed by atoms with Crippen LogP contribution in [0.25, 0.3) is 0 Å². The van der Waals surface area contributed by atoms with Crippen LogP contribution in [0, 0.1) is 0 Å². The van der Waals surface area contributed by atoms with E-state index in [9.17, 15) is 4.79 Å². The van der Waals surface area contributed by atoms with Gasteiger partial charge in [0.25, 0.3) is 0 Å². The van der Waals surface area contributed by atoms with Crippen molar-refractivity contribution in [3.05, 3.63) is 12.2 Å². The van der Waals surface area contributed by atoms with E-state index < -0.39 is 0 Å². The van der Waals surface area contributed by atoms with Gasteiger partial charge in [-0.05, 0) is 19.8 Å². The van der Waals surface area contributed by atoms with Crippen LogP contribution in [0.15, 0.2) is 6.33 Å². The number of hydrogen-bond donors (Lipinski definition) is 2. The summed E-state index contributed by atoms with van der Waals surface area (Å²) in [7, 11) is 0. The number of aliphatic hydroxyl groups is 1. The minimum atomic E-state index is -0.372. The lowest BCUT2D eigenvalue weighted by atomic mass is 10.3. The quantitative estimate of drug-likeness (QED) is 0.709. The summed E-state index contributed by atoms with van der Waals surface area (Å²) in [5, 5.41) is 19.3. The lowest BCUT2D eigenvalue weighted by Gasteiger charge is -2.14. The molecule has 82 valence electrons.